The van der Waals surface area contributed by atoms with Crippen molar-refractivity contribution in [1.82, 2.24) is 0 Å². The van der Waals surface area contributed by atoms with E-state index in [9.17, 15) is 4.79 Å². The molecule has 5 heteroatoms. The average molecular weight is 263 g/mol. The van der Waals surface area contributed by atoms with Crippen LogP contribution in [0.25, 0.3) is 6.08 Å². The fraction of sp³-hybridized carbons (Fsp3) is 0.231. The topological polar surface area (TPSA) is 59.3 Å². The lowest BCUT2D eigenvalue weighted by atomic mass is 10.1. The number of hydrogen-bond donors (Lipinski definition) is 0. The molecular weight excluding hydrogens is 250 g/mol. The molecule has 0 atom stereocenters. The molecule has 0 fully saturated rings. The number of nitrogens with zero attached hydrogens (tertiary/aromatic N) is 1. The standard InChI is InChI=1S/C13H13NO3S/c1-16-11-7-9(4-5-12(11)18-3)6-10(8-14)13(15)17-2/h4-7H,1-3H3. The molecule has 4 nitrogen and oxygen atoms in total. The molecule has 0 radical (unpaired) electrons. The Labute approximate surface area is 110 Å². The predicted molar refractivity (Wildman–Crippen MR) is 70.4 cm³/mol. The summed E-state index contributed by atoms with van der Waals surface area (Å²) in [6.45, 7) is 0. The molecule has 0 spiro atoms. The first-order valence-electron chi connectivity index (χ1n) is 5.08. The Morgan fingerprint density at radius 2 is 2.17 bits per heavy atom. The van der Waals surface area contributed by atoms with Crippen LogP contribution in [0.15, 0.2) is 28.7 Å². The van der Waals surface area contributed by atoms with Gasteiger partial charge < -0.3 is 9.47 Å². The van der Waals surface area contributed by atoms with Crippen molar-refractivity contribution in [1.29, 1.82) is 5.26 Å². The molecule has 18 heavy (non-hydrogen) atoms. The van der Waals surface area contributed by atoms with Crippen molar-refractivity contribution in [2.75, 3.05) is 20.5 Å². The fourth-order valence-corrected chi connectivity index (χ4v) is 1.90. The molecule has 0 aromatic heterocycles. The molecule has 0 aliphatic rings. The van der Waals surface area contributed by atoms with E-state index < -0.39 is 5.97 Å². The molecular formula is C13H13NO3S. The summed E-state index contributed by atoms with van der Waals surface area (Å²) < 4.78 is 9.74. The molecule has 1 rings (SSSR count). The highest BCUT2D eigenvalue weighted by molar-refractivity contribution is 7.98. The van der Waals surface area contributed by atoms with Gasteiger partial charge in [-0.05, 0) is 30.0 Å². The zero-order valence-electron chi connectivity index (χ0n) is 10.4. The van der Waals surface area contributed by atoms with Crippen LogP contribution >= 0.6 is 11.8 Å². The van der Waals surface area contributed by atoms with E-state index in [0.717, 1.165) is 4.90 Å². The van der Waals surface area contributed by atoms with Gasteiger partial charge in [-0.3, -0.25) is 0 Å². The van der Waals surface area contributed by atoms with Gasteiger partial charge in [0.15, 0.2) is 0 Å². The average Bonchev–Trinajstić information content (AvgIpc) is 2.43. The third kappa shape index (κ3) is 3.28. The third-order valence-corrected chi connectivity index (χ3v) is 3.02. The summed E-state index contributed by atoms with van der Waals surface area (Å²) in [4.78, 5) is 12.3. The third-order valence-electron chi connectivity index (χ3n) is 2.24. The normalized spacial score (nSPS) is 10.7. The monoisotopic (exact) mass is 263 g/mol. The van der Waals surface area contributed by atoms with E-state index in [1.807, 2.05) is 24.5 Å². The molecule has 0 amide bonds. The van der Waals surface area contributed by atoms with Gasteiger partial charge in [0.1, 0.15) is 17.4 Å². The van der Waals surface area contributed by atoms with Crippen LogP contribution in [-0.4, -0.2) is 26.4 Å². The second-order valence-corrected chi connectivity index (χ2v) is 4.12. The Kier molecular flexibility index (Phi) is 5.28. The maximum Gasteiger partial charge on any atom is 0.348 e. The van der Waals surface area contributed by atoms with Crippen LogP contribution in [0.1, 0.15) is 5.56 Å². The zero-order valence-corrected chi connectivity index (χ0v) is 11.2. The highest BCUT2D eigenvalue weighted by Crippen LogP contribution is 2.29. The lowest BCUT2D eigenvalue weighted by Crippen LogP contribution is -2.02. The summed E-state index contributed by atoms with van der Waals surface area (Å²) in [7, 11) is 2.82. The van der Waals surface area contributed by atoms with Crippen molar-refractivity contribution >= 4 is 23.8 Å². The van der Waals surface area contributed by atoms with Crippen LogP contribution in [0.4, 0.5) is 0 Å². The lowest BCUT2D eigenvalue weighted by Gasteiger charge is -2.07. The van der Waals surface area contributed by atoms with Gasteiger partial charge in [-0.2, -0.15) is 5.26 Å². The van der Waals surface area contributed by atoms with Gasteiger partial charge >= 0.3 is 5.97 Å². The van der Waals surface area contributed by atoms with Gasteiger partial charge in [0.25, 0.3) is 0 Å². The summed E-state index contributed by atoms with van der Waals surface area (Å²) in [5.74, 6) is 0.0591. The maximum atomic E-state index is 11.3. The van der Waals surface area contributed by atoms with Crippen molar-refractivity contribution < 1.29 is 14.3 Å². The van der Waals surface area contributed by atoms with Gasteiger partial charge in [0.05, 0.1) is 14.2 Å². The summed E-state index contributed by atoms with van der Waals surface area (Å²) in [5, 5.41) is 8.86. The Morgan fingerprint density at radius 3 is 2.67 bits per heavy atom. The van der Waals surface area contributed by atoms with E-state index in [4.69, 9.17) is 10.00 Å². The minimum atomic E-state index is -0.648. The largest absolute Gasteiger partial charge is 0.496 e. The van der Waals surface area contributed by atoms with Crippen LogP contribution in [0, 0.1) is 11.3 Å². The van der Waals surface area contributed by atoms with Crippen LogP contribution in [0.2, 0.25) is 0 Å². The number of ether oxygens (including phenoxy) is 2. The smallest absolute Gasteiger partial charge is 0.348 e. The molecule has 0 aliphatic carbocycles. The number of carbonyl (C=O) groups excluding carboxylic acids is 1. The maximum absolute atomic E-state index is 11.3. The Hall–Kier alpha value is -1.93. The molecule has 0 saturated heterocycles. The Bertz CT molecular complexity index is 517. The highest BCUT2D eigenvalue weighted by Gasteiger charge is 2.09. The molecule has 0 N–H and O–H groups in total. The highest BCUT2D eigenvalue weighted by atomic mass is 32.2. The van der Waals surface area contributed by atoms with Crippen LogP contribution in [0.3, 0.4) is 0 Å². The summed E-state index contributed by atoms with van der Waals surface area (Å²) in [6.07, 6.45) is 3.42. The predicted octanol–water partition coefficient (Wildman–Crippen LogP) is 2.50. The molecule has 0 bridgehead atoms. The summed E-state index contributed by atoms with van der Waals surface area (Å²) in [6, 6.07) is 7.27. The van der Waals surface area contributed by atoms with E-state index in [0.29, 0.717) is 11.3 Å². The second kappa shape index (κ2) is 6.72. The summed E-state index contributed by atoms with van der Waals surface area (Å²) >= 11 is 1.56. The molecule has 1 aromatic rings. The molecule has 0 saturated carbocycles. The van der Waals surface area contributed by atoms with E-state index in [-0.39, 0.29) is 5.57 Å². The van der Waals surface area contributed by atoms with Crippen LogP contribution in [-0.2, 0) is 9.53 Å². The lowest BCUT2D eigenvalue weighted by molar-refractivity contribution is -0.135. The van der Waals surface area contributed by atoms with E-state index in [2.05, 4.69) is 4.74 Å². The number of methoxy groups -OCH3 is 2. The number of rotatable bonds is 4. The second-order valence-electron chi connectivity index (χ2n) is 3.28. The molecule has 0 unspecified atom stereocenters. The quantitative estimate of drug-likeness (QED) is 0.361. The molecule has 0 heterocycles. The van der Waals surface area contributed by atoms with Gasteiger partial charge in [-0.1, -0.05) is 6.07 Å². The van der Waals surface area contributed by atoms with Gasteiger partial charge in [0.2, 0.25) is 0 Å². The van der Waals surface area contributed by atoms with E-state index >= 15 is 0 Å². The van der Waals surface area contributed by atoms with Crippen molar-refractivity contribution in [2.24, 2.45) is 0 Å². The molecule has 0 aliphatic heterocycles. The Balaban J connectivity index is 3.15. The van der Waals surface area contributed by atoms with Crippen molar-refractivity contribution in [3.8, 4) is 11.8 Å². The summed E-state index contributed by atoms with van der Waals surface area (Å²) in [5.41, 5.74) is 0.669. The van der Waals surface area contributed by atoms with Crippen molar-refractivity contribution in [3.63, 3.8) is 0 Å². The Morgan fingerprint density at radius 1 is 1.44 bits per heavy atom. The van der Waals surface area contributed by atoms with Crippen molar-refractivity contribution in [2.45, 2.75) is 4.90 Å². The minimum Gasteiger partial charge on any atom is -0.496 e. The molecule has 94 valence electrons. The number of esters is 1. The minimum absolute atomic E-state index is 0.0449. The number of hydrogen-bond acceptors (Lipinski definition) is 5. The first-order valence-corrected chi connectivity index (χ1v) is 6.30. The van der Waals surface area contributed by atoms with Crippen LogP contribution in [0.5, 0.6) is 5.75 Å². The van der Waals surface area contributed by atoms with Crippen molar-refractivity contribution in [3.05, 3.63) is 29.3 Å². The first-order chi connectivity index (χ1) is 8.65. The van der Waals surface area contributed by atoms with Gasteiger partial charge in [-0.15, -0.1) is 11.8 Å². The van der Waals surface area contributed by atoms with E-state index in [1.165, 1.54) is 13.2 Å². The van der Waals surface area contributed by atoms with Crippen LogP contribution < -0.4 is 4.74 Å². The van der Waals surface area contributed by atoms with Gasteiger partial charge in [0, 0.05) is 4.90 Å². The first kappa shape index (κ1) is 14.1. The number of carbonyl (C=O) groups is 1. The molecule has 1 aromatic carbocycles. The van der Waals surface area contributed by atoms with E-state index in [1.54, 1.807) is 24.9 Å². The zero-order chi connectivity index (χ0) is 13.5. The number of thioether (sulfide) groups is 1. The fourth-order valence-electron chi connectivity index (χ4n) is 1.36. The number of benzene rings is 1. The number of nitriles is 1. The van der Waals surface area contributed by atoms with Gasteiger partial charge in [-0.25, -0.2) is 4.79 Å². The SMILES string of the molecule is COC(=O)C(C#N)=Cc1ccc(SC)c(OC)c1.